The molecule has 1 aliphatic heterocycles. The molecule has 0 saturated heterocycles. The first-order chi connectivity index (χ1) is 19.4. The number of hydrogen-bond donors (Lipinski definition) is 1. The highest BCUT2D eigenvalue weighted by Gasteiger charge is 2.45. The highest BCUT2D eigenvalue weighted by molar-refractivity contribution is 6.34. The first-order valence-electron chi connectivity index (χ1n) is 12.7. The van der Waals surface area contributed by atoms with E-state index < -0.39 is 5.91 Å². The molecule has 0 bridgehead atoms. The van der Waals surface area contributed by atoms with Crippen molar-refractivity contribution in [2.75, 3.05) is 23.9 Å². The molecule has 1 aliphatic rings. The standard InChI is InChI=1S/C29H27Cl2N5O4/c1-39-29(40-16-15-35-19-32-18-33-35)14-4-5-21-17-22(30)10-13-26(21)36(29)28(38)20-8-11-23(12-9-20)34-27(37)24-6-2-3-7-25(24)31/h2-3,6-13,17-19H,4-5,14-16H2,1H3,(H,34,37). The van der Waals surface area contributed by atoms with Gasteiger partial charge in [0, 0.05) is 29.8 Å². The van der Waals surface area contributed by atoms with Gasteiger partial charge in [0.1, 0.15) is 12.7 Å². The SMILES string of the molecule is COC1(OCCn2cncn2)CCCc2cc(Cl)ccc2N1C(=O)c1ccc(NC(=O)c2ccccc2Cl)cc1. The molecule has 40 heavy (non-hydrogen) atoms. The van der Waals surface area contributed by atoms with E-state index >= 15 is 0 Å². The molecule has 0 spiro atoms. The van der Waals surface area contributed by atoms with Gasteiger partial charge in [-0.25, -0.2) is 4.98 Å². The Morgan fingerprint density at radius 2 is 1.88 bits per heavy atom. The van der Waals surface area contributed by atoms with Gasteiger partial charge in [-0.15, -0.1) is 0 Å². The van der Waals surface area contributed by atoms with Gasteiger partial charge in [-0.1, -0.05) is 35.3 Å². The molecule has 11 heteroatoms. The number of fused-ring (bicyclic) bond motifs is 1. The fourth-order valence-corrected chi connectivity index (χ4v) is 5.16. The summed E-state index contributed by atoms with van der Waals surface area (Å²) in [5.41, 5.74) is 2.84. The molecule has 2 heterocycles. The van der Waals surface area contributed by atoms with Gasteiger partial charge in [-0.2, -0.15) is 5.10 Å². The highest BCUT2D eigenvalue weighted by atomic mass is 35.5. The molecule has 0 radical (unpaired) electrons. The number of nitrogens with zero attached hydrogens (tertiary/aromatic N) is 4. The molecule has 1 unspecified atom stereocenters. The van der Waals surface area contributed by atoms with Crippen molar-refractivity contribution in [1.29, 1.82) is 0 Å². The lowest BCUT2D eigenvalue weighted by molar-refractivity contribution is -0.222. The molecule has 1 atom stereocenters. The number of hydrogen-bond acceptors (Lipinski definition) is 6. The molecule has 2 amide bonds. The average Bonchev–Trinajstić information content (AvgIpc) is 3.42. The number of methoxy groups -OCH3 is 1. The lowest BCUT2D eigenvalue weighted by atomic mass is 10.1. The van der Waals surface area contributed by atoms with Crippen LogP contribution in [0.1, 0.15) is 39.1 Å². The summed E-state index contributed by atoms with van der Waals surface area (Å²) in [6.45, 7) is 0.664. The summed E-state index contributed by atoms with van der Waals surface area (Å²) < 4.78 is 14.0. The molecule has 4 aromatic rings. The largest absolute Gasteiger partial charge is 0.336 e. The van der Waals surface area contributed by atoms with Crippen molar-refractivity contribution in [2.24, 2.45) is 0 Å². The maximum Gasteiger partial charge on any atom is 0.262 e. The number of benzene rings is 3. The number of rotatable bonds is 8. The minimum absolute atomic E-state index is 0.233. The van der Waals surface area contributed by atoms with Crippen molar-refractivity contribution in [2.45, 2.75) is 31.7 Å². The van der Waals surface area contributed by atoms with E-state index in [2.05, 4.69) is 15.4 Å². The van der Waals surface area contributed by atoms with E-state index in [1.807, 2.05) is 12.1 Å². The van der Waals surface area contributed by atoms with Crippen LogP contribution < -0.4 is 10.2 Å². The third kappa shape index (κ3) is 5.88. The number of amides is 2. The van der Waals surface area contributed by atoms with Crippen molar-refractivity contribution in [3.8, 4) is 0 Å². The predicted molar refractivity (Wildman–Crippen MR) is 153 cm³/mol. The smallest absolute Gasteiger partial charge is 0.262 e. The van der Waals surface area contributed by atoms with Gasteiger partial charge in [-0.3, -0.25) is 19.2 Å². The number of nitrogens with one attached hydrogen (secondary N) is 1. The van der Waals surface area contributed by atoms with Crippen LogP contribution in [0.4, 0.5) is 11.4 Å². The van der Waals surface area contributed by atoms with Crippen LogP contribution in [0.15, 0.2) is 79.4 Å². The number of carbonyl (C=O) groups excluding carboxylic acids is 2. The number of halogens is 2. The van der Waals surface area contributed by atoms with E-state index in [4.69, 9.17) is 32.7 Å². The molecule has 0 fully saturated rings. The fourth-order valence-electron chi connectivity index (χ4n) is 4.74. The predicted octanol–water partition coefficient (Wildman–Crippen LogP) is 5.84. The van der Waals surface area contributed by atoms with E-state index in [-0.39, 0.29) is 18.4 Å². The normalized spacial score (nSPS) is 16.7. The minimum Gasteiger partial charge on any atom is -0.336 e. The third-order valence-electron chi connectivity index (χ3n) is 6.71. The van der Waals surface area contributed by atoms with Gasteiger partial charge in [0.2, 0.25) is 0 Å². The van der Waals surface area contributed by atoms with Crippen LogP contribution in [0.25, 0.3) is 0 Å². The van der Waals surface area contributed by atoms with Crippen LogP contribution in [0.2, 0.25) is 10.0 Å². The van der Waals surface area contributed by atoms with Crippen LogP contribution in [-0.4, -0.2) is 46.2 Å². The molecule has 1 N–H and O–H groups in total. The minimum atomic E-state index is -1.37. The van der Waals surface area contributed by atoms with E-state index in [1.165, 1.54) is 13.4 Å². The number of aryl methyl sites for hydroxylation is 1. The Bertz CT molecular complexity index is 1500. The molecular formula is C29H27Cl2N5O4. The van der Waals surface area contributed by atoms with Crippen molar-refractivity contribution in [1.82, 2.24) is 14.8 Å². The summed E-state index contributed by atoms with van der Waals surface area (Å²) in [7, 11) is 1.53. The zero-order valence-electron chi connectivity index (χ0n) is 21.7. The second-order valence-electron chi connectivity index (χ2n) is 9.20. The van der Waals surface area contributed by atoms with Crippen LogP contribution in [0.3, 0.4) is 0 Å². The van der Waals surface area contributed by atoms with Crippen molar-refractivity contribution in [3.63, 3.8) is 0 Å². The maximum atomic E-state index is 14.2. The van der Waals surface area contributed by atoms with Crippen LogP contribution in [-0.2, 0) is 22.4 Å². The first kappa shape index (κ1) is 27.8. The van der Waals surface area contributed by atoms with Gasteiger partial charge in [-0.05, 0) is 73.0 Å². The Labute approximate surface area is 241 Å². The molecule has 9 nitrogen and oxygen atoms in total. The van der Waals surface area contributed by atoms with Crippen LogP contribution in [0, 0.1) is 0 Å². The zero-order valence-corrected chi connectivity index (χ0v) is 23.2. The van der Waals surface area contributed by atoms with Crippen molar-refractivity contribution in [3.05, 3.63) is 106 Å². The number of anilines is 2. The second kappa shape index (κ2) is 12.2. The third-order valence-corrected chi connectivity index (χ3v) is 7.27. The van der Waals surface area contributed by atoms with Crippen molar-refractivity contribution >= 4 is 46.4 Å². The monoisotopic (exact) mass is 579 g/mol. The Morgan fingerprint density at radius 3 is 2.60 bits per heavy atom. The molecular weight excluding hydrogens is 553 g/mol. The molecule has 0 aliphatic carbocycles. The number of aromatic nitrogens is 3. The van der Waals surface area contributed by atoms with Gasteiger partial charge in [0.15, 0.2) is 0 Å². The topological polar surface area (TPSA) is 98.6 Å². The van der Waals surface area contributed by atoms with Gasteiger partial charge >= 0.3 is 0 Å². The van der Waals surface area contributed by atoms with Gasteiger partial charge < -0.3 is 14.8 Å². The van der Waals surface area contributed by atoms with E-state index in [9.17, 15) is 9.59 Å². The Morgan fingerprint density at radius 1 is 1.07 bits per heavy atom. The Hall–Kier alpha value is -3.76. The summed E-state index contributed by atoms with van der Waals surface area (Å²) in [4.78, 5) is 32.4. The highest BCUT2D eigenvalue weighted by Crippen LogP contribution is 2.39. The number of ether oxygens (including phenoxy) is 2. The van der Waals surface area contributed by atoms with Crippen LogP contribution in [0.5, 0.6) is 0 Å². The van der Waals surface area contributed by atoms with E-state index in [1.54, 1.807) is 70.5 Å². The molecule has 1 aromatic heterocycles. The Kier molecular flexibility index (Phi) is 8.46. The fraction of sp³-hybridized carbons (Fsp3) is 0.241. The first-order valence-corrected chi connectivity index (χ1v) is 13.5. The lowest BCUT2D eigenvalue weighted by Crippen LogP contribution is -2.55. The maximum absolute atomic E-state index is 14.2. The average molecular weight is 580 g/mol. The zero-order chi connectivity index (χ0) is 28.1. The molecule has 0 saturated carbocycles. The summed E-state index contributed by atoms with van der Waals surface area (Å²) in [6, 6.07) is 18.9. The van der Waals surface area contributed by atoms with E-state index in [0.717, 1.165) is 5.56 Å². The quantitative estimate of drug-likeness (QED) is 0.263. The summed E-state index contributed by atoms with van der Waals surface area (Å²) in [5.74, 6) is -2.03. The lowest BCUT2D eigenvalue weighted by Gasteiger charge is -2.41. The van der Waals surface area contributed by atoms with Gasteiger partial charge in [0.05, 0.1) is 29.4 Å². The number of carbonyl (C=O) groups is 2. The van der Waals surface area contributed by atoms with Crippen molar-refractivity contribution < 1.29 is 19.1 Å². The molecule has 3 aromatic carbocycles. The Balaban J connectivity index is 1.43. The summed E-state index contributed by atoms with van der Waals surface area (Å²) in [5, 5.41) is 7.88. The molecule has 5 rings (SSSR count). The summed E-state index contributed by atoms with van der Waals surface area (Å²) >= 11 is 12.5. The second-order valence-corrected chi connectivity index (χ2v) is 10.0. The molecule has 206 valence electrons. The van der Waals surface area contributed by atoms with Gasteiger partial charge in [0.25, 0.3) is 17.7 Å². The van der Waals surface area contributed by atoms with E-state index in [0.29, 0.717) is 58.4 Å². The summed E-state index contributed by atoms with van der Waals surface area (Å²) in [6.07, 6.45) is 4.90. The van der Waals surface area contributed by atoms with Crippen LogP contribution >= 0.6 is 23.2 Å².